The second-order valence-electron chi connectivity index (χ2n) is 7.62. The van der Waals surface area contributed by atoms with Gasteiger partial charge < -0.3 is 15.8 Å². The van der Waals surface area contributed by atoms with Gasteiger partial charge >= 0.3 is 0 Å². The first kappa shape index (κ1) is 21.8. The van der Waals surface area contributed by atoms with Crippen LogP contribution in [0.3, 0.4) is 0 Å². The highest BCUT2D eigenvalue weighted by Gasteiger charge is 2.26. The molecule has 172 valence electrons. The minimum Gasteiger partial charge on any atom is -0.407 e. The zero-order valence-electron chi connectivity index (χ0n) is 18.5. The topological polar surface area (TPSA) is 131 Å². The normalized spacial score (nSPS) is 15.4. The number of fused-ring (bicyclic) bond motifs is 1. The number of para-hydroxylation sites is 2. The van der Waals surface area contributed by atoms with E-state index in [1.165, 1.54) is 0 Å². The van der Waals surface area contributed by atoms with Gasteiger partial charge in [-0.3, -0.25) is 10.2 Å². The molecule has 0 saturated carbocycles. The summed E-state index contributed by atoms with van der Waals surface area (Å²) in [5.74, 6) is -0.694. The molecule has 2 heterocycles. The van der Waals surface area contributed by atoms with E-state index in [9.17, 15) is 4.79 Å². The number of ether oxygens (including phenoxy) is 1. The maximum absolute atomic E-state index is 13.0. The molecule has 0 unspecified atom stereocenters. The Labute approximate surface area is 201 Å². The van der Waals surface area contributed by atoms with Gasteiger partial charge in [0.25, 0.3) is 11.9 Å². The van der Waals surface area contributed by atoms with Crippen LogP contribution in [0.25, 0.3) is 5.69 Å². The first-order valence-corrected chi connectivity index (χ1v) is 10.8. The molecule has 0 spiro atoms. The van der Waals surface area contributed by atoms with Crippen LogP contribution in [0, 0.1) is 5.41 Å². The second-order valence-corrected chi connectivity index (χ2v) is 7.62. The highest BCUT2D eigenvalue weighted by molar-refractivity contribution is 6.19. The van der Waals surface area contributed by atoms with E-state index in [0.717, 1.165) is 11.1 Å². The van der Waals surface area contributed by atoms with Gasteiger partial charge in [0.1, 0.15) is 0 Å². The van der Waals surface area contributed by atoms with E-state index < -0.39 is 12.1 Å². The third-order valence-corrected chi connectivity index (χ3v) is 5.33. The monoisotopic (exact) mass is 463 g/mol. The number of amidine groups is 1. The van der Waals surface area contributed by atoms with Crippen LogP contribution in [0.2, 0.25) is 0 Å². The number of rotatable bonds is 4. The summed E-state index contributed by atoms with van der Waals surface area (Å²) in [6, 6.07) is 25.5. The Morgan fingerprint density at radius 2 is 1.74 bits per heavy atom. The zero-order chi connectivity index (χ0) is 24.2. The predicted octanol–water partition coefficient (Wildman–Crippen LogP) is 3.34. The molecule has 1 amide bonds. The van der Waals surface area contributed by atoms with Crippen molar-refractivity contribution >= 4 is 29.2 Å². The summed E-state index contributed by atoms with van der Waals surface area (Å²) in [6.45, 7) is 0. The summed E-state index contributed by atoms with van der Waals surface area (Å²) in [7, 11) is 0. The van der Waals surface area contributed by atoms with Gasteiger partial charge in [-0.2, -0.15) is 10.1 Å². The Hall–Kier alpha value is -5.05. The number of nitrogens with two attached hydrogens (primary N) is 1. The highest BCUT2D eigenvalue weighted by atomic mass is 16.5. The van der Waals surface area contributed by atoms with E-state index in [1.807, 2.05) is 54.6 Å². The van der Waals surface area contributed by atoms with Gasteiger partial charge in [0.15, 0.2) is 0 Å². The lowest BCUT2D eigenvalue weighted by molar-refractivity contribution is -0.117. The molecular weight excluding hydrogens is 442 g/mol. The molecule has 9 nitrogen and oxygen atoms in total. The fourth-order valence-electron chi connectivity index (χ4n) is 3.74. The highest BCUT2D eigenvalue weighted by Crippen LogP contribution is 2.24. The number of nitrogens with zero attached hydrogens (tertiary/aromatic N) is 4. The molecular formula is C26H21N7O2. The van der Waals surface area contributed by atoms with Crippen LogP contribution < -0.4 is 11.1 Å². The van der Waals surface area contributed by atoms with Crippen molar-refractivity contribution in [2.45, 2.75) is 6.17 Å². The average Bonchev–Trinajstić information content (AvgIpc) is 3.38. The Balaban J connectivity index is 1.46. The molecule has 3 aromatic carbocycles. The molecule has 35 heavy (non-hydrogen) atoms. The summed E-state index contributed by atoms with van der Waals surface area (Å²) in [4.78, 5) is 21.8. The Morgan fingerprint density at radius 1 is 1.00 bits per heavy atom. The summed E-state index contributed by atoms with van der Waals surface area (Å²) in [6.07, 6.45) is 2.20. The van der Waals surface area contributed by atoms with E-state index in [0.29, 0.717) is 22.6 Å². The van der Waals surface area contributed by atoms with Crippen molar-refractivity contribution in [1.29, 1.82) is 5.41 Å². The van der Waals surface area contributed by atoms with Crippen molar-refractivity contribution in [3.8, 4) is 5.69 Å². The van der Waals surface area contributed by atoms with E-state index >= 15 is 0 Å². The third-order valence-electron chi connectivity index (χ3n) is 5.33. The van der Waals surface area contributed by atoms with Gasteiger partial charge in [-0.25, -0.2) is 9.67 Å². The summed E-state index contributed by atoms with van der Waals surface area (Å²) in [5.41, 5.74) is 9.95. The van der Waals surface area contributed by atoms with Crippen LogP contribution in [0.15, 0.2) is 107 Å². The number of anilines is 1. The first-order valence-electron chi connectivity index (χ1n) is 10.8. The molecule has 9 heteroatoms. The van der Waals surface area contributed by atoms with Crippen molar-refractivity contribution in [3.63, 3.8) is 0 Å². The summed E-state index contributed by atoms with van der Waals surface area (Å²) < 4.78 is 7.12. The van der Waals surface area contributed by atoms with Crippen LogP contribution in [-0.4, -0.2) is 39.5 Å². The fraction of sp³-hybridized carbons (Fsp3) is 0.0385. The zero-order valence-corrected chi connectivity index (χ0v) is 18.5. The lowest BCUT2D eigenvalue weighted by Gasteiger charge is -2.12. The van der Waals surface area contributed by atoms with Crippen LogP contribution in [0.5, 0.6) is 0 Å². The third kappa shape index (κ3) is 4.55. The lowest BCUT2D eigenvalue weighted by atomic mass is 10.0. The van der Waals surface area contributed by atoms with E-state index in [1.54, 1.807) is 47.4 Å². The minimum absolute atomic E-state index is 0.234. The number of hydrogen-bond acceptors (Lipinski definition) is 6. The molecule has 1 aliphatic heterocycles. The number of hydrogen-bond donors (Lipinski definition) is 3. The van der Waals surface area contributed by atoms with Crippen molar-refractivity contribution in [1.82, 2.24) is 9.78 Å². The number of aliphatic imine (C=N–C) groups is 2. The van der Waals surface area contributed by atoms with E-state index in [2.05, 4.69) is 20.4 Å². The number of carbonyl (C=O) groups excluding carboxylic acids is 1. The maximum Gasteiger partial charge on any atom is 0.291 e. The van der Waals surface area contributed by atoms with E-state index in [4.69, 9.17) is 15.9 Å². The molecule has 1 aromatic heterocycles. The molecule has 0 aliphatic carbocycles. The van der Waals surface area contributed by atoms with Gasteiger partial charge in [-0.05, 0) is 24.3 Å². The Morgan fingerprint density at radius 3 is 2.54 bits per heavy atom. The number of carbonyl (C=O) groups is 1. The summed E-state index contributed by atoms with van der Waals surface area (Å²) >= 11 is 0. The standard InChI is InChI=1S/C26H21N7O2/c27-23(19-12-5-7-14-21(19)33-16-8-15-29-33)35-26(28)32-24-25(34)30-20-13-6-4-11-18(20)22(31-24)17-9-2-1-3-10-17/h1-16,24,27H,(H2,28,32)(H,30,34)/t24-/m1/s1. The maximum atomic E-state index is 13.0. The average molecular weight is 464 g/mol. The molecule has 1 aliphatic rings. The SMILES string of the molecule is N=C(O/C(N)=N/[C@H]1N=C(c2ccccc2)c2ccccc2NC1=O)c1ccccc1-n1cccn1. The molecule has 4 N–H and O–H groups in total. The van der Waals surface area contributed by atoms with E-state index in [-0.39, 0.29) is 11.9 Å². The van der Waals surface area contributed by atoms with Gasteiger partial charge in [-0.1, -0.05) is 60.7 Å². The number of benzodiazepines with no additional fused rings is 1. The van der Waals surface area contributed by atoms with Gasteiger partial charge in [0.2, 0.25) is 12.1 Å². The number of nitrogens with one attached hydrogen (secondary N) is 2. The molecule has 5 rings (SSSR count). The number of amides is 1. The molecule has 0 bridgehead atoms. The Bertz CT molecular complexity index is 1440. The van der Waals surface area contributed by atoms with Crippen LogP contribution in [0.1, 0.15) is 16.7 Å². The minimum atomic E-state index is -1.20. The second kappa shape index (κ2) is 9.44. The van der Waals surface area contributed by atoms with Gasteiger partial charge in [0.05, 0.1) is 22.6 Å². The molecule has 0 fully saturated rings. The molecule has 4 aromatic rings. The molecule has 0 radical (unpaired) electrons. The van der Waals surface area contributed by atoms with Crippen molar-refractivity contribution in [2.75, 3.05) is 5.32 Å². The van der Waals surface area contributed by atoms with Crippen molar-refractivity contribution in [2.24, 2.45) is 15.7 Å². The molecule has 1 atom stereocenters. The van der Waals surface area contributed by atoms with Crippen LogP contribution in [0.4, 0.5) is 5.69 Å². The predicted molar refractivity (Wildman–Crippen MR) is 134 cm³/mol. The summed E-state index contributed by atoms with van der Waals surface area (Å²) in [5, 5.41) is 15.5. The smallest absolute Gasteiger partial charge is 0.291 e. The van der Waals surface area contributed by atoms with Crippen molar-refractivity contribution < 1.29 is 9.53 Å². The lowest BCUT2D eigenvalue weighted by Crippen LogP contribution is -2.29. The number of aromatic nitrogens is 2. The first-order chi connectivity index (χ1) is 17.1. The van der Waals surface area contributed by atoms with Crippen LogP contribution >= 0.6 is 0 Å². The number of benzene rings is 3. The van der Waals surface area contributed by atoms with Crippen molar-refractivity contribution in [3.05, 3.63) is 114 Å². The van der Waals surface area contributed by atoms with Gasteiger partial charge in [-0.15, -0.1) is 0 Å². The van der Waals surface area contributed by atoms with Crippen LogP contribution in [-0.2, 0) is 9.53 Å². The molecule has 0 saturated heterocycles. The largest absolute Gasteiger partial charge is 0.407 e. The van der Waals surface area contributed by atoms with Gasteiger partial charge in [0, 0.05) is 23.5 Å². The fourth-order valence-corrected chi connectivity index (χ4v) is 3.74. The Kier molecular flexibility index (Phi) is 5.87. The quantitative estimate of drug-likeness (QED) is 0.316.